The van der Waals surface area contributed by atoms with E-state index in [9.17, 15) is 9.90 Å². The molecular weight excluding hydrogens is 270 g/mol. The third-order valence-electron chi connectivity index (χ3n) is 2.76. The Morgan fingerprint density at radius 2 is 2.12 bits per heavy atom. The number of hydrogen-bond donors (Lipinski definition) is 1. The molecule has 0 heterocycles. The third-order valence-corrected chi connectivity index (χ3v) is 3.40. The van der Waals surface area contributed by atoms with Crippen LogP contribution in [0.3, 0.4) is 0 Å². The maximum atomic E-state index is 10.6. The Balaban J connectivity index is 3.09. The van der Waals surface area contributed by atoms with Crippen molar-refractivity contribution in [2.45, 2.75) is 19.4 Å². The van der Waals surface area contributed by atoms with Crippen LogP contribution in [0.25, 0.3) is 0 Å². The first-order chi connectivity index (χ1) is 7.42. The second kappa shape index (κ2) is 4.97. The lowest BCUT2D eigenvalue weighted by molar-refractivity contribution is 0.112. The molecule has 3 nitrogen and oxygen atoms in total. The average molecular weight is 286 g/mol. The molecule has 0 aromatic heterocycles. The van der Waals surface area contributed by atoms with Gasteiger partial charge in [0, 0.05) is 17.1 Å². The molecule has 0 saturated heterocycles. The molecule has 0 spiro atoms. The summed E-state index contributed by atoms with van der Waals surface area (Å²) >= 11 is 3.43. The number of halogens is 1. The van der Waals surface area contributed by atoms with Gasteiger partial charge in [0.05, 0.1) is 17.8 Å². The van der Waals surface area contributed by atoms with E-state index in [2.05, 4.69) is 15.9 Å². The number of hydrogen-bond acceptors (Lipinski definition) is 3. The third kappa shape index (κ3) is 2.62. The number of likely N-dealkylation sites (N-methyl/N-ethyl adjacent to an activating group) is 1. The molecule has 0 saturated carbocycles. The zero-order chi connectivity index (χ0) is 12.3. The average Bonchev–Trinajstić information content (AvgIpc) is 2.28. The summed E-state index contributed by atoms with van der Waals surface area (Å²) in [7, 11) is 1.91. The summed E-state index contributed by atoms with van der Waals surface area (Å²) in [6, 6.07) is 5.40. The number of nitrogens with zero attached hydrogens (tertiary/aromatic N) is 1. The maximum Gasteiger partial charge on any atom is 0.150 e. The summed E-state index contributed by atoms with van der Waals surface area (Å²) in [5.41, 5.74) is 1.24. The van der Waals surface area contributed by atoms with E-state index in [4.69, 9.17) is 0 Å². The van der Waals surface area contributed by atoms with Crippen molar-refractivity contribution in [2.24, 2.45) is 0 Å². The number of anilines is 1. The second-order valence-corrected chi connectivity index (χ2v) is 5.21. The minimum absolute atomic E-state index is 0.0609. The SMILES string of the molecule is CN(c1ccc(C=O)cc1Br)C(C)(C)CO. The van der Waals surface area contributed by atoms with Gasteiger partial charge >= 0.3 is 0 Å². The fraction of sp³-hybridized carbons (Fsp3) is 0.417. The normalized spacial score (nSPS) is 11.3. The fourth-order valence-electron chi connectivity index (χ4n) is 1.30. The topological polar surface area (TPSA) is 40.5 Å². The molecule has 0 aliphatic rings. The van der Waals surface area contributed by atoms with Crippen LogP contribution in [0, 0.1) is 0 Å². The van der Waals surface area contributed by atoms with Crippen molar-refractivity contribution < 1.29 is 9.90 Å². The fourth-order valence-corrected chi connectivity index (χ4v) is 1.96. The van der Waals surface area contributed by atoms with Crippen LogP contribution in [0.2, 0.25) is 0 Å². The summed E-state index contributed by atoms with van der Waals surface area (Å²) < 4.78 is 0.848. The summed E-state index contributed by atoms with van der Waals surface area (Å²) in [5, 5.41) is 9.30. The van der Waals surface area contributed by atoms with E-state index in [1.54, 1.807) is 12.1 Å². The predicted molar refractivity (Wildman–Crippen MR) is 69.1 cm³/mol. The summed E-state index contributed by atoms with van der Waals surface area (Å²) in [4.78, 5) is 12.6. The van der Waals surface area contributed by atoms with Crippen LogP contribution in [0.15, 0.2) is 22.7 Å². The summed E-state index contributed by atoms with van der Waals surface area (Å²) in [6.45, 7) is 3.96. The zero-order valence-corrected chi connectivity index (χ0v) is 11.3. The van der Waals surface area contributed by atoms with Gasteiger partial charge in [-0.15, -0.1) is 0 Å². The number of aldehydes is 1. The minimum Gasteiger partial charge on any atom is -0.394 e. The molecule has 88 valence electrons. The molecule has 0 radical (unpaired) electrons. The first-order valence-electron chi connectivity index (χ1n) is 5.02. The molecule has 0 amide bonds. The Hall–Kier alpha value is -0.870. The molecule has 0 bridgehead atoms. The number of carbonyl (C=O) groups is 1. The van der Waals surface area contributed by atoms with Crippen LogP contribution < -0.4 is 4.90 Å². The van der Waals surface area contributed by atoms with Crippen molar-refractivity contribution >= 4 is 27.9 Å². The number of carbonyl (C=O) groups excluding carboxylic acids is 1. The largest absolute Gasteiger partial charge is 0.394 e. The van der Waals surface area contributed by atoms with Crippen LogP contribution in [0.4, 0.5) is 5.69 Å². The van der Waals surface area contributed by atoms with Gasteiger partial charge in [-0.2, -0.15) is 0 Å². The monoisotopic (exact) mass is 285 g/mol. The number of aliphatic hydroxyl groups is 1. The molecule has 16 heavy (non-hydrogen) atoms. The van der Waals surface area contributed by atoms with E-state index < -0.39 is 0 Å². The predicted octanol–water partition coefficient (Wildman–Crippen LogP) is 2.47. The van der Waals surface area contributed by atoms with Gasteiger partial charge in [0.15, 0.2) is 0 Å². The smallest absolute Gasteiger partial charge is 0.150 e. The molecule has 1 aromatic rings. The molecule has 1 N–H and O–H groups in total. The highest BCUT2D eigenvalue weighted by atomic mass is 79.9. The van der Waals surface area contributed by atoms with Gasteiger partial charge in [-0.05, 0) is 48.0 Å². The quantitative estimate of drug-likeness (QED) is 0.864. The van der Waals surface area contributed by atoms with E-state index in [0.29, 0.717) is 5.56 Å². The van der Waals surface area contributed by atoms with Crippen LogP contribution in [-0.2, 0) is 0 Å². The van der Waals surface area contributed by atoms with Crippen molar-refractivity contribution in [3.63, 3.8) is 0 Å². The van der Waals surface area contributed by atoms with Gasteiger partial charge < -0.3 is 10.0 Å². The van der Waals surface area contributed by atoms with Gasteiger partial charge in [0.1, 0.15) is 6.29 Å². The standard InChI is InChI=1S/C12H16BrNO2/c1-12(2,8-16)14(3)11-5-4-9(7-15)6-10(11)13/h4-7,16H,8H2,1-3H3. The van der Waals surface area contributed by atoms with Crippen LogP contribution in [-0.4, -0.2) is 30.6 Å². The Bertz CT molecular complexity index is 391. The van der Waals surface area contributed by atoms with E-state index in [1.165, 1.54) is 0 Å². The summed E-state index contributed by atoms with van der Waals surface area (Å²) in [6.07, 6.45) is 0.811. The Labute approximate surface area is 104 Å². The van der Waals surface area contributed by atoms with E-state index >= 15 is 0 Å². The molecule has 0 atom stereocenters. The minimum atomic E-state index is -0.342. The lowest BCUT2D eigenvalue weighted by Crippen LogP contribution is -2.44. The van der Waals surface area contributed by atoms with Gasteiger partial charge in [0.25, 0.3) is 0 Å². The Kier molecular flexibility index (Phi) is 4.10. The van der Waals surface area contributed by atoms with E-state index in [0.717, 1.165) is 16.4 Å². The Morgan fingerprint density at radius 1 is 1.50 bits per heavy atom. The van der Waals surface area contributed by atoms with Crippen molar-refractivity contribution in [1.29, 1.82) is 0 Å². The maximum absolute atomic E-state index is 10.6. The molecule has 0 unspecified atom stereocenters. The van der Waals surface area contributed by atoms with Crippen LogP contribution in [0.5, 0.6) is 0 Å². The molecule has 0 fully saturated rings. The first-order valence-corrected chi connectivity index (χ1v) is 5.81. The summed E-state index contributed by atoms with van der Waals surface area (Å²) in [5.74, 6) is 0. The lowest BCUT2D eigenvalue weighted by atomic mass is 10.0. The van der Waals surface area contributed by atoms with Gasteiger partial charge in [-0.1, -0.05) is 0 Å². The number of rotatable bonds is 4. The van der Waals surface area contributed by atoms with Gasteiger partial charge in [-0.3, -0.25) is 4.79 Å². The molecule has 1 rings (SSSR count). The first kappa shape index (κ1) is 13.2. The highest BCUT2D eigenvalue weighted by Crippen LogP contribution is 2.30. The van der Waals surface area contributed by atoms with Gasteiger partial charge in [-0.25, -0.2) is 0 Å². The van der Waals surface area contributed by atoms with E-state index in [-0.39, 0.29) is 12.1 Å². The zero-order valence-electron chi connectivity index (χ0n) is 9.70. The van der Waals surface area contributed by atoms with Crippen molar-refractivity contribution in [2.75, 3.05) is 18.6 Å². The number of benzene rings is 1. The molecule has 0 aliphatic carbocycles. The molecule has 0 aliphatic heterocycles. The van der Waals surface area contributed by atoms with Crippen LogP contribution >= 0.6 is 15.9 Å². The van der Waals surface area contributed by atoms with Gasteiger partial charge in [0.2, 0.25) is 0 Å². The van der Waals surface area contributed by atoms with Crippen LogP contribution in [0.1, 0.15) is 24.2 Å². The highest BCUT2D eigenvalue weighted by molar-refractivity contribution is 9.10. The van der Waals surface area contributed by atoms with E-state index in [1.807, 2.05) is 31.9 Å². The molecule has 1 aromatic carbocycles. The molecule has 4 heteroatoms. The second-order valence-electron chi connectivity index (χ2n) is 4.36. The molecular formula is C12H16BrNO2. The lowest BCUT2D eigenvalue weighted by Gasteiger charge is -2.36. The number of aliphatic hydroxyl groups excluding tert-OH is 1. The van der Waals surface area contributed by atoms with Crippen molar-refractivity contribution in [3.8, 4) is 0 Å². The highest BCUT2D eigenvalue weighted by Gasteiger charge is 2.24. The van der Waals surface area contributed by atoms with Crippen molar-refractivity contribution in [1.82, 2.24) is 0 Å². The Morgan fingerprint density at radius 3 is 2.56 bits per heavy atom. The van der Waals surface area contributed by atoms with Crippen molar-refractivity contribution in [3.05, 3.63) is 28.2 Å².